The summed E-state index contributed by atoms with van der Waals surface area (Å²) in [6.07, 6.45) is -2.66. The highest BCUT2D eigenvalue weighted by molar-refractivity contribution is 6.05. The van der Waals surface area contributed by atoms with Gasteiger partial charge in [0.05, 0.1) is 24.6 Å². The molecule has 170 valence electrons. The normalized spacial score (nSPS) is 11.5. The van der Waals surface area contributed by atoms with Crippen molar-refractivity contribution in [2.45, 2.75) is 19.4 Å². The molecular formula is C23H17F4N3O3. The number of ether oxygens (including phenoxy) is 1. The molecule has 0 bridgehead atoms. The molecule has 33 heavy (non-hydrogen) atoms. The average molecular weight is 459 g/mol. The first kappa shape index (κ1) is 22.3. The predicted molar refractivity (Wildman–Crippen MR) is 110 cm³/mol. The van der Waals surface area contributed by atoms with E-state index < -0.39 is 34.8 Å². The van der Waals surface area contributed by atoms with Crippen molar-refractivity contribution in [2.75, 3.05) is 5.32 Å². The van der Waals surface area contributed by atoms with Gasteiger partial charge in [0.1, 0.15) is 23.9 Å². The molecular weight excluding hydrogens is 442 g/mol. The molecule has 0 saturated carbocycles. The van der Waals surface area contributed by atoms with Crippen LogP contribution in [-0.2, 0) is 24.1 Å². The van der Waals surface area contributed by atoms with Crippen molar-refractivity contribution < 1.29 is 31.5 Å². The van der Waals surface area contributed by atoms with Gasteiger partial charge in [-0.25, -0.2) is 9.07 Å². The van der Waals surface area contributed by atoms with E-state index in [0.717, 1.165) is 18.3 Å². The molecule has 0 aliphatic rings. The van der Waals surface area contributed by atoms with E-state index in [2.05, 4.69) is 10.4 Å². The minimum absolute atomic E-state index is 0.198. The number of benzene rings is 2. The number of halogens is 4. The van der Waals surface area contributed by atoms with Crippen molar-refractivity contribution in [3.63, 3.8) is 0 Å². The quantitative estimate of drug-likeness (QED) is 0.366. The monoisotopic (exact) mass is 459 g/mol. The van der Waals surface area contributed by atoms with Gasteiger partial charge in [-0.1, -0.05) is 24.3 Å². The molecule has 0 aliphatic carbocycles. The third kappa shape index (κ3) is 5.12. The number of carbonyl (C=O) groups is 1. The van der Waals surface area contributed by atoms with Gasteiger partial charge in [-0.3, -0.25) is 4.79 Å². The number of aromatic nitrogens is 2. The first-order valence-corrected chi connectivity index (χ1v) is 9.73. The fraction of sp³-hybridized carbons (Fsp3) is 0.130. The molecule has 6 nitrogen and oxygen atoms in total. The lowest BCUT2D eigenvalue weighted by Gasteiger charge is -2.13. The van der Waals surface area contributed by atoms with Crippen LogP contribution in [0.15, 0.2) is 77.5 Å². The molecule has 4 rings (SSSR count). The fourth-order valence-electron chi connectivity index (χ4n) is 3.20. The largest absolute Gasteiger partial charge is 0.467 e. The summed E-state index contributed by atoms with van der Waals surface area (Å²) in [4.78, 5) is 12.7. The Hall–Kier alpha value is -3.92. The van der Waals surface area contributed by atoms with Gasteiger partial charge in [-0.15, -0.1) is 0 Å². The highest BCUT2D eigenvalue weighted by atomic mass is 19.4. The van der Waals surface area contributed by atoms with Crippen LogP contribution in [0.25, 0.3) is 5.69 Å². The predicted octanol–water partition coefficient (Wildman–Crippen LogP) is 5.59. The van der Waals surface area contributed by atoms with E-state index >= 15 is 0 Å². The number of carbonyl (C=O) groups excluding carboxylic acids is 1. The molecule has 0 aliphatic heterocycles. The lowest BCUT2D eigenvalue weighted by Crippen LogP contribution is -2.21. The molecule has 0 unspecified atom stereocenters. The maximum Gasteiger partial charge on any atom is 0.434 e. The maximum atomic E-state index is 14.1. The van der Waals surface area contributed by atoms with Crippen LogP contribution in [0.5, 0.6) is 0 Å². The van der Waals surface area contributed by atoms with E-state index in [0.29, 0.717) is 16.0 Å². The third-order valence-corrected chi connectivity index (χ3v) is 4.64. The number of amides is 1. The van der Waals surface area contributed by atoms with Gasteiger partial charge in [0.15, 0.2) is 5.69 Å². The number of nitrogens with one attached hydrogen (secondary N) is 1. The first-order valence-electron chi connectivity index (χ1n) is 9.73. The standard InChI is InChI=1S/C23H17F4N3O3/c24-19-8-1-2-9-20(19)30-21(23(25,26)27)18(12-28-30)22(31)29-16-6-3-5-15(11-16)13-32-14-17-7-4-10-33-17/h1-12H,13-14H2,(H,29,31). The summed E-state index contributed by atoms with van der Waals surface area (Å²) in [6, 6.07) is 14.9. The Morgan fingerprint density at radius 1 is 1.06 bits per heavy atom. The van der Waals surface area contributed by atoms with E-state index in [-0.39, 0.29) is 18.9 Å². The van der Waals surface area contributed by atoms with E-state index in [4.69, 9.17) is 9.15 Å². The van der Waals surface area contributed by atoms with Crippen LogP contribution in [0.3, 0.4) is 0 Å². The summed E-state index contributed by atoms with van der Waals surface area (Å²) < 4.78 is 66.5. The lowest BCUT2D eigenvalue weighted by molar-refractivity contribution is -0.143. The van der Waals surface area contributed by atoms with E-state index in [1.165, 1.54) is 24.5 Å². The molecule has 1 amide bonds. The zero-order valence-corrected chi connectivity index (χ0v) is 17.0. The topological polar surface area (TPSA) is 69.3 Å². The van der Waals surface area contributed by atoms with Gasteiger partial charge < -0.3 is 14.5 Å². The number of nitrogens with zero attached hydrogens (tertiary/aromatic N) is 2. The lowest BCUT2D eigenvalue weighted by atomic mass is 10.2. The highest BCUT2D eigenvalue weighted by Gasteiger charge is 2.41. The molecule has 0 saturated heterocycles. The fourth-order valence-corrected chi connectivity index (χ4v) is 3.20. The van der Waals surface area contributed by atoms with Crippen LogP contribution in [0.1, 0.15) is 27.4 Å². The van der Waals surface area contributed by atoms with Gasteiger partial charge in [-0.05, 0) is 42.0 Å². The number of hydrogen-bond acceptors (Lipinski definition) is 4. The van der Waals surface area contributed by atoms with Crippen LogP contribution >= 0.6 is 0 Å². The molecule has 0 spiro atoms. The van der Waals surface area contributed by atoms with Crippen LogP contribution in [0, 0.1) is 5.82 Å². The van der Waals surface area contributed by atoms with E-state index in [1.54, 1.807) is 30.3 Å². The van der Waals surface area contributed by atoms with Gasteiger partial charge in [0, 0.05) is 5.69 Å². The summed E-state index contributed by atoms with van der Waals surface area (Å²) in [5, 5.41) is 6.06. The molecule has 2 heterocycles. The second-order valence-corrected chi connectivity index (χ2v) is 6.99. The average Bonchev–Trinajstić information content (AvgIpc) is 3.44. The Morgan fingerprint density at radius 3 is 2.61 bits per heavy atom. The third-order valence-electron chi connectivity index (χ3n) is 4.64. The second kappa shape index (κ2) is 9.29. The Balaban J connectivity index is 1.53. The highest BCUT2D eigenvalue weighted by Crippen LogP contribution is 2.34. The number of anilines is 1. The van der Waals surface area contributed by atoms with Crippen molar-refractivity contribution >= 4 is 11.6 Å². The van der Waals surface area contributed by atoms with E-state index in [9.17, 15) is 22.4 Å². The molecule has 0 atom stereocenters. The Labute approximate surface area is 185 Å². The van der Waals surface area contributed by atoms with Crippen molar-refractivity contribution in [3.8, 4) is 5.69 Å². The maximum absolute atomic E-state index is 14.1. The van der Waals surface area contributed by atoms with Crippen molar-refractivity contribution in [1.82, 2.24) is 9.78 Å². The summed E-state index contributed by atoms with van der Waals surface area (Å²) >= 11 is 0. The van der Waals surface area contributed by atoms with Gasteiger partial charge in [0.2, 0.25) is 0 Å². The summed E-state index contributed by atoms with van der Waals surface area (Å²) in [6.45, 7) is 0.442. The van der Waals surface area contributed by atoms with Gasteiger partial charge in [0.25, 0.3) is 5.91 Å². The number of alkyl halides is 3. The summed E-state index contributed by atoms with van der Waals surface area (Å²) in [5.41, 5.74) is -1.56. The SMILES string of the molecule is O=C(Nc1cccc(COCc2ccco2)c1)c1cnn(-c2ccccc2F)c1C(F)(F)F. The van der Waals surface area contributed by atoms with Crippen LogP contribution in [0.4, 0.5) is 23.2 Å². The summed E-state index contributed by atoms with van der Waals surface area (Å²) in [5.74, 6) is -1.29. The van der Waals surface area contributed by atoms with Crippen LogP contribution in [0.2, 0.25) is 0 Å². The molecule has 10 heteroatoms. The van der Waals surface area contributed by atoms with Crippen molar-refractivity contribution in [3.05, 3.63) is 102 Å². The van der Waals surface area contributed by atoms with Crippen LogP contribution < -0.4 is 5.32 Å². The second-order valence-electron chi connectivity index (χ2n) is 6.99. The smallest absolute Gasteiger partial charge is 0.434 e. The zero-order chi connectivity index (χ0) is 23.4. The minimum Gasteiger partial charge on any atom is -0.467 e. The van der Waals surface area contributed by atoms with Crippen LogP contribution in [-0.4, -0.2) is 15.7 Å². The molecule has 1 N–H and O–H groups in total. The van der Waals surface area contributed by atoms with E-state index in [1.807, 2.05) is 0 Å². The molecule has 0 fully saturated rings. The molecule has 2 aromatic carbocycles. The Morgan fingerprint density at radius 2 is 1.88 bits per heavy atom. The number of rotatable bonds is 7. The first-order chi connectivity index (χ1) is 15.8. The van der Waals surface area contributed by atoms with Crippen molar-refractivity contribution in [2.24, 2.45) is 0 Å². The minimum atomic E-state index is -4.95. The molecule has 4 aromatic rings. The number of para-hydroxylation sites is 1. The number of furan rings is 1. The molecule has 0 radical (unpaired) electrons. The molecule has 2 aromatic heterocycles. The van der Waals surface area contributed by atoms with Gasteiger partial charge >= 0.3 is 6.18 Å². The Bertz CT molecular complexity index is 1250. The van der Waals surface area contributed by atoms with Gasteiger partial charge in [-0.2, -0.15) is 18.3 Å². The Kier molecular flexibility index (Phi) is 6.27. The number of hydrogen-bond donors (Lipinski definition) is 1. The zero-order valence-electron chi connectivity index (χ0n) is 17.0. The summed E-state index contributed by atoms with van der Waals surface area (Å²) in [7, 11) is 0. The van der Waals surface area contributed by atoms with Crippen molar-refractivity contribution in [1.29, 1.82) is 0 Å².